The van der Waals surface area contributed by atoms with Crippen LogP contribution in [0.15, 0.2) is 0 Å². The summed E-state index contributed by atoms with van der Waals surface area (Å²) < 4.78 is 5.70. The van der Waals surface area contributed by atoms with Gasteiger partial charge in [-0.15, -0.1) is 0 Å². The quantitative estimate of drug-likeness (QED) is 0.589. The standard InChI is InChI=1S/C8H15NO/c1-8(5-9)4-6-2-3-7(8)10-6/h6-7H,2-5,9H2,1H3. The molecule has 0 amide bonds. The molecule has 2 bridgehead atoms. The van der Waals surface area contributed by atoms with E-state index in [1.807, 2.05) is 0 Å². The van der Waals surface area contributed by atoms with Gasteiger partial charge in [-0.05, 0) is 19.3 Å². The Kier molecular flexibility index (Phi) is 1.29. The average Bonchev–Trinajstić information content (AvgIpc) is 2.46. The van der Waals surface area contributed by atoms with Crippen LogP contribution < -0.4 is 5.73 Å². The largest absolute Gasteiger partial charge is 0.374 e. The molecule has 0 aromatic rings. The third-order valence-corrected chi connectivity index (χ3v) is 3.05. The van der Waals surface area contributed by atoms with E-state index in [0.29, 0.717) is 17.6 Å². The Morgan fingerprint density at radius 1 is 1.60 bits per heavy atom. The van der Waals surface area contributed by atoms with E-state index in [0.717, 1.165) is 6.54 Å². The van der Waals surface area contributed by atoms with Crippen molar-refractivity contribution < 1.29 is 4.74 Å². The number of fused-ring (bicyclic) bond motifs is 2. The van der Waals surface area contributed by atoms with Crippen LogP contribution in [-0.4, -0.2) is 18.8 Å². The third kappa shape index (κ3) is 0.722. The van der Waals surface area contributed by atoms with Crippen LogP contribution in [0.3, 0.4) is 0 Å². The van der Waals surface area contributed by atoms with Crippen LogP contribution in [-0.2, 0) is 4.74 Å². The minimum atomic E-state index is 0.308. The Morgan fingerprint density at radius 3 is 2.70 bits per heavy atom. The highest BCUT2D eigenvalue weighted by atomic mass is 16.5. The molecule has 2 heteroatoms. The maximum Gasteiger partial charge on any atom is 0.0646 e. The summed E-state index contributed by atoms with van der Waals surface area (Å²) in [7, 11) is 0. The van der Waals surface area contributed by atoms with Crippen molar-refractivity contribution in [2.75, 3.05) is 6.54 Å². The Balaban J connectivity index is 2.14. The molecule has 0 saturated carbocycles. The van der Waals surface area contributed by atoms with Crippen LogP contribution in [0.25, 0.3) is 0 Å². The van der Waals surface area contributed by atoms with Crippen LogP contribution in [0.4, 0.5) is 0 Å². The first-order valence-electron chi connectivity index (χ1n) is 4.10. The summed E-state index contributed by atoms with van der Waals surface area (Å²) in [5.74, 6) is 0. The molecule has 2 aliphatic rings. The summed E-state index contributed by atoms with van der Waals surface area (Å²) in [6.07, 6.45) is 4.70. The van der Waals surface area contributed by atoms with E-state index in [4.69, 9.17) is 10.5 Å². The minimum absolute atomic E-state index is 0.308. The van der Waals surface area contributed by atoms with Crippen LogP contribution in [0, 0.1) is 5.41 Å². The number of hydrogen-bond acceptors (Lipinski definition) is 2. The number of hydrogen-bond donors (Lipinski definition) is 1. The highest BCUT2D eigenvalue weighted by molar-refractivity contribution is 4.98. The van der Waals surface area contributed by atoms with Crippen LogP contribution in [0.1, 0.15) is 26.2 Å². The van der Waals surface area contributed by atoms with Crippen molar-refractivity contribution in [3.63, 3.8) is 0 Å². The molecule has 0 aromatic heterocycles. The maximum absolute atomic E-state index is 5.70. The zero-order valence-corrected chi connectivity index (χ0v) is 6.47. The molecule has 3 atom stereocenters. The number of ether oxygens (including phenoxy) is 1. The van der Waals surface area contributed by atoms with Crippen molar-refractivity contribution in [1.29, 1.82) is 0 Å². The molecule has 2 nitrogen and oxygen atoms in total. The van der Waals surface area contributed by atoms with Gasteiger partial charge in [0, 0.05) is 12.0 Å². The molecule has 2 aliphatic heterocycles. The summed E-state index contributed by atoms with van der Waals surface area (Å²) in [6.45, 7) is 3.03. The lowest BCUT2D eigenvalue weighted by molar-refractivity contribution is 0.0704. The zero-order chi connectivity index (χ0) is 7.19. The normalized spacial score (nSPS) is 52.2. The Morgan fingerprint density at radius 2 is 2.40 bits per heavy atom. The van der Waals surface area contributed by atoms with E-state index in [2.05, 4.69) is 6.92 Å². The molecule has 2 saturated heterocycles. The molecule has 3 unspecified atom stereocenters. The van der Waals surface area contributed by atoms with Gasteiger partial charge in [0.05, 0.1) is 12.2 Å². The van der Waals surface area contributed by atoms with Gasteiger partial charge in [-0.3, -0.25) is 0 Å². The predicted octanol–water partition coefficient (Wildman–Crippen LogP) is 0.903. The second-order valence-electron chi connectivity index (χ2n) is 3.89. The fourth-order valence-electron chi connectivity index (χ4n) is 2.23. The molecule has 0 radical (unpaired) electrons. The summed E-state index contributed by atoms with van der Waals surface area (Å²) in [6, 6.07) is 0. The molecule has 2 N–H and O–H groups in total. The first-order chi connectivity index (χ1) is 4.74. The van der Waals surface area contributed by atoms with Gasteiger partial charge in [-0.1, -0.05) is 6.92 Å². The van der Waals surface area contributed by atoms with E-state index >= 15 is 0 Å². The Hall–Kier alpha value is -0.0800. The van der Waals surface area contributed by atoms with Crippen molar-refractivity contribution in [2.45, 2.75) is 38.4 Å². The molecule has 2 fully saturated rings. The summed E-state index contributed by atoms with van der Waals surface area (Å²) in [5, 5.41) is 0. The first kappa shape index (κ1) is 6.62. The molecular formula is C8H15NO. The summed E-state index contributed by atoms with van der Waals surface area (Å²) in [4.78, 5) is 0. The summed E-state index contributed by atoms with van der Waals surface area (Å²) >= 11 is 0. The van der Waals surface area contributed by atoms with Crippen molar-refractivity contribution >= 4 is 0 Å². The second-order valence-corrected chi connectivity index (χ2v) is 3.89. The molecule has 2 heterocycles. The predicted molar refractivity (Wildman–Crippen MR) is 39.7 cm³/mol. The second kappa shape index (κ2) is 1.95. The minimum Gasteiger partial charge on any atom is -0.374 e. The fourth-order valence-corrected chi connectivity index (χ4v) is 2.23. The molecule has 10 heavy (non-hydrogen) atoms. The van der Waals surface area contributed by atoms with Gasteiger partial charge in [0.15, 0.2) is 0 Å². The van der Waals surface area contributed by atoms with Crippen LogP contribution in [0.2, 0.25) is 0 Å². The van der Waals surface area contributed by atoms with Gasteiger partial charge in [-0.2, -0.15) is 0 Å². The third-order valence-electron chi connectivity index (χ3n) is 3.05. The van der Waals surface area contributed by atoms with Crippen molar-refractivity contribution in [1.82, 2.24) is 0 Å². The van der Waals surface area contributed by atoms with E-state index in [1.165, 1.54) is 19.3 Å². The van der Waals surface area contributed by atoms with E-state index in [9.17, 15) is 0 Å². The molecule has 2 rings (SSSR count). The monoisotopic (exact) mass is 141 g/mol. The first-order valence-corrected chi connectivity index (χ1v) is 4.10. The highest BCUT2D eigenvalue weighted by Gasteiger charge is 2.48. The lowest BCUT2D eigenvalue weighted by atomic mass is 9.76. The molecule has 58 valence electrons. The highest BCUT2D eigenvalue weighted by Crippen LogP contribution is 2.46. The molecule has 0 aromatic carbocycles. The topological polar surface area (TPSA) is 35.2 Å². The van der Waals surface area contributed by atoms with Gasteiger partial charge < -0.3 is 10.5 Å². The molecule has 0 spiro atoms. The smallest absolute Gasteiger partial charge is 0.0646 e. The summed E-state index contributed by atoms with van der Waals surface area (Å²) in [5.41, 5.74) is 5.98. The Labute approximate surface area is 61.7 Å². The van der Waals surface area contributed by atoms with E-state index < -0.39 is 0 Å². The van der Waals surface area contributed by atoms with Gasteiger partial charge in [0.25, 0.3) is 0 Å². The van der Waals surface area contributed by atoms with Crippen LogP contribution >= 0.6 is 0 Å². The van der Waals surface area contributed by atoms with Crippen LogP contribution in [0.5, 0.6) is 0 Å². The van der Waals surface area contributed by atoms with Gasteiger partial charge in [0.2, 0.25) is 0 Å². The fraction of sp³-hybridized carbons (Fsp3) is 1.00. The van der Waals surface area contributed by atoms with E-state index in [-0.39, 0.29) is 0 Å². The molecule has 0 aliphatic carbocycles. The zero-order valence-electron chi connectivity index (χ0n) is 6.47. The maximum atomic E-state index is 5.70. The van der Waals surface area contributed by atoms with Crippen molar-refractivity contribution in [3.8, 4) is 0 Å². The lowest BCUT2D eigenvalue weighted by Gasteiger charge is -2.29. The van der Waals surface area contributed by atoms with Gasteiger partial charge in [-0.25, -0.2) is 0 Å². The van der Waals surface area contributed by atoms with Crippen molar-refractivity contribution in [2.24, 2.45) is 11.1 Å². The number of rotatable bonds is 1. The molecular weight excluding hydrogens is 126 g/mol. The van der Waals surface area contributed by atoms with Gasteiger partial charge >= 0.3 is 0 Å². The lowest BCUT2D eigenvalue weighted by Crippen LogP contribution is -2.36. The van der Waals surface area contributed by atoms with Crippen molar-refractivity contribution in [3.05, 3.63) is 0 Å². The SMILES string of the molecule is CC1(CN)CC2CCC1O2. The van der Waals surface area contributed by atoms with Gasteiger partial charge in [0.1, 0.15) is 0 Å². The number of nitrogens with two attached hydrogens (primary N) is 1. The van der Waals surface area contributed by atoms with E-state index in [1.54, 1.807) is 0 Å². The Bertz CT molecular complexity index is 148. The average molecular weight is 141 g/mol.